The van der Waals surface area contributed by atoms with Gasteiger partial charge in [0.05, 0.1) is 7.11 Å². The molecule has 2 rings (SSSR count). The molecule has 0 radical (unpaired) electrons. The Morgan fingerprint density at radius 3 is 2.24 bits per heavy atom. The molecule has 0 aromatic heterocycles. The van der Waals surface area contributed by atoms with Crippen molar-refractivity contribution in [1.29, 1.82) is 0 Å². The maximum Gasteiger partial charge on any atom is 0.412 e. The summed E-state index contributed by atoms with van der Waals surface area (Å²) in [6.07, 6.45) is 1.22. The SMILES string of the molecule is COc1ccc(NC(=O)OC(/C=C(/C)c2ccccc2)C(C)C)cc1. The molecule has 0 heterocycles. The molecule has 0 saturated heterocycles. The van der Waals surface area contributed by atoms with Crippen LogP contribution in [0.2, 0.25) is 0 Å². The Morgan fingerprint density at radius 1 is 1.04 bits per heavy atom. The molecule has 0 saturated carbocycles. The molecule has 4 heteroatoms. The number of hydrogen-bond acceptors (Lipinski definition) is 3. The highest BCUT2D eigenvalue weighted by molar-refractivity contribution is 5.85. The molecule has 132 valence electrons. The Hall–Kier alpha value is -2.75. The number of carbonyl (C=O) groups excluding carboxylic acids is 1. The molecule has 0 aliphatic rings. The lowest BCUT2D eigenvalue weighted by Gasteiger charge is -2.19. The van der Waals surface area contributed by atoms with Crippen LogP contribution in [-0.2, 0) is 4.74 Å². The minimum absolute atomic E-state index is 0.167. The van der Waals surface area contributed by atoms with E-state index in [9.17, 15) is 4.79 Å². The Balaban J connectivity index is 2.03. The van der Waals surface area contributed by atoms with Crippen molar-refractivity contribution in [2.45, 2.75) is 26.9 Å². The van der Waals surface area contributed by atoms with Gasteiger partial charge in [0.15, 0.2) is 0 Å². The van der Waals surface area contributed by atoms with Crippen molar-refractivity contribution >= 4 is 17.4 Å². The number of ether oxygens (including phenoxy) is 2. The summed E-state index contributed by atoms with van der Waals surface area (Å²) < 4.78 is 10.7. The number of rotatable bonds is 6. The number of hydrogen-bond donors (Lipinski definition) is 1. The van der Waals surface area contributed by atoms with E-state index in [-0.39, 0.29) is 12.0 Å². The molecule has 1 atom stereocenters. The molecule has 1 N–H and O–H groups in total. The number of carbonyl (C=O) groups is 1. The van der Waals surface area contributed by atoms with Gasteiger partial charge in [0, 0.05) is 5.69 Å². The summed E-state index contributed by atoms with van der Waals surface area (Å²) >= 11 is 0. The molecule has 2 aromatic rings. The van der Waals surface area contributed by atoms with E-state index in [4.69, 9.17) is 9.47 Å². The average Bonchev–Trinajstić information content (AvgIpc) is 2.62. The van der Waals surface area contributed by atoms with Crippen LogP contribution in [0.1, 0.15) is 26.3 Å². The first-order valence-corrected chi connectivity index (χ1v) is 8.35. The van der Waals surface area contributed by atoms with Crippen LogP contribution in [0.25, 0.3) is 5.57 Å². The lowest BCUT2D eigenvalue weighted by molar-refractivity contribution is 0.110. The molecular formula is C21H25NO3. The third-order valence-corrected chi connectivity index (χ3v) is 3.88. The van der Waals surface area contributed by atoms with Gasteiger partial charge in [-0.3, -0.25) is 5.32 Å². The van der Waals surface area contributed by atoms with E-state index < -0.39 is 6.09 Å². The van der Waals surface area contributed by atoms with E-state index in [2.05, 4.69) is 5.32 Å². The van der Waals surface area contributed by atoms with Gasteiger partial charge in [-0.25, -0.2) is 4.79 Å². The third-order valence-electron chi connectivity index (χ3n) is 3.88. The predicted octanol–water partition coefficient (Wildman–Crippen LogP) is 5.37. The lowest BCUT2D eigenvalue weighted by atomic mass is 10.0. The summed E-state index contributed by atoms with van der Waals surface area (Å²) in [5, 5.41) is 2.75. The van der Waals surface area contributed by atoms with Crippen LogP contribution in [-0.4, -0.2) is 19.3 Å². The largest absolute Gasteiger partial charge is 0.497 e. The molecule has 0 bridgehead atoms. The first kappa shape index (κ1) is 18.6. The second-order valence-corrected chi connectivity index (χ2v) is 6.18. The van der Waals surface area contributed by atoms with Crippen LogP contribution < -0.4 is 10.1 Å². The van der Waals surface area contributed by atoms with Crippen LogP contribution in [0, 0.1) is 5.92 Å². The fourth-order valence-corrected chi connectivity index (χ4v) is 2.35. The van der Waals surface area contributed by atoms with Crippen molar-refractivity contribution in [3.8, 4) is 5.75 Å². The summed E-state index contributed by atoms with van der Waals surface area (Å²) in [5.41, 5.74) is 2.86. The first-order valence-electron chi connectivity index (χ1n) is 8.35. The van der Waals surface area contributed by atoms with Crippen molar-refractivity contribution in [2.24, 2.45) is 5.92 Å². The zero-order valence-electron chi connectivity index (χ0n) is 15.2. The van der Waals surface area contributed by atoms with Gasteiger partial charge in [0.2, 0.25) is 0 Å². The first-order chi connectivity index (χ1) is 12.0. The molecule has 0 aliphatic heterocycles. The zero-order valence-corrected chi connectivity index (χ0v) is 15.2. The molecular weight excluding hydrogens is 314 g/mol. The number of benzene rings is 2. The van der Waals surface area contributed by atoms with Crippen LogP contribution in [0.4, 0.5) is 10.5 Å². The summed E-state index contributed by atoms with van der Waals surface area (Å²) in [6, 6.07) is 17.2. The highest BCUT2D eigenvalue weighted by Gasteiger charge is 2.17. The third kappa shape index (κ3) is 5.68. The molecule has 1 amide bonds. The smallest absolute Gasteiger partial charge is 0.412 e. The molecule has 1 unspecified atom stereocenters. The van der Waals surface area contributed by atoms with Gasteiger partial charge in [0.25, 0.3) is 0 Å². The Labute approximate surface area is 149 Å². The molecule has 0 fully saturated rings. The van der Waals surface area contributed by atoms with Crippen LogP contribution in [0.3, 0.4) is 0 Å². The van der Waals surface area contributed by atoms with Crippen molar-refractivity contribution < 1.29 is 14.3 Å². The number of amides is 1. The summed E-state index contributed by atoms with van der Waals surface area (Å²) in [7, 11) is 1.60. The van der Waals surface area contributed by atoms with Crippen LogP contribution >= 0.6 is 0 Å². The average molecular weight is 339 g/mol. The van der Waals surface area contributed by atoms with Gasteiger partial charge < -0.3 is 9.47 Å². The van der Waals surface area contributed by atoms with Gasteiger partial charge in [-0.2, -0.15) is 0 Å². The Morgan fingerprint density at radius 2 is 1.68 bits per heavy atom. The van der Waals surface area contributed by atoms with Crippen molar-refractivity contribution in [1.82, 2.24) is 0 Å². The van der Waals surface area contributed by atoms with E-state index in [1.807, 2.05) is 57.2 Å². The zero-order chi connectivity index (χ0) is 18.2. The van der Waals surface area contributed by atoms with Gasteiger partial charge in [0.1, 0.15) is 11.9 Å². The predicted molar refractivity (Wildman–Crippen MR) is 102 cm³/mol. The van der Waals surface area contributed by atoms with Crippen molar-refractivity contribution in [3.05, 3.63) is 66.2 Å². The highest BCUT2D eigenvalue weighted by Crippen LogP contribution is 2.20. The van der Waals surface area contributed by atoms with Crippen molar-refractivity contribution in [3.63, 3.8) is 0 Å². The second kappa shape index (κ2) is 8.92. The van der Waals surface area contributed by atoms with Crippen molar-refractivity contribution in [2.75, 3.05) is 12.4 Å². The lowest BCUT2D eigenvalue weighted by Crippen LogP contribution is -2.25. The standard InChI is InChI=1S/C21H25NO3/c1-15(2)20(14-16(3)17-8-6-5-7-9-17)25-21(23)22-18-10-12-19(24-4)13-11-18/h5-15,20H,1-4H3,(H,22,23)/b16-14-. The highest BCUT2D eigenvalue weighted by atomic mass is 16.6. The maximum atomic E-state index is 12.2. The number of allylic oxidation sites excluding steroid dienone is 1. The number of anilines is 1. The van der Waals surface area contributed by atoms with Gasteiger partial charge >= 0.3 is 6.09 Å². The van der Waals surface area contributed by atoms with Crippen LogP contribution in [0.5, 0.6) is 5.75 Å². The molecule has 2 aromatic carbocycles. The molecule has 0 spiro atoms. The van der Waals surface area contributed by atoms with Crippen LogP contribution in [0.15, 0.2) is 60.7 Å². The minimum atomic E-state index is -0.471. The summed E-state index contributed by atoms with van der Waals surface area (Å²) in [6.45, 7) is 6.08. The Bertz CT molecular complexity index is 706. The van der Waals surface area contributed by atoms with E-state index in [0.717, 1.165) is 16.9 Å². The van der Waals surface area contributed by atoms with Gasteiger partial charge in [-0.15, -0.1) is 0 Å². The number of nitrogens with one attached hydrogen (secondary N) is 1. The van der Waals surface area contributed by atoms with E-state index >= 15 is 0 Å². The second-order valence-electron chi connectivity index (χ2n) is 6.18. The fourth-order valence-electron chi connectivity index (χ4n) is 2.35. The summed E-state index contributed by atoms with van der Waals surface area (Å²) in [5.74, 6) is 0.903. The Kier molecular flexibility index (Phi) is 6.63. The quantitative estimate of drug-likeness (QED) is 0.769. The fraction of sp³-hybridized carbons (Fsp3) is 0.286. The topological polar surface area (TPSA) is 47.6 Å². The minimum Gasteiger partial charge on any atom is -0.497 e. The van der Waals surface area contributed by atoms with E-state index in [0.29, 0.717) is 5.69 Å². The molecule has 4 nitrogen and oxygen atoms in total. The maximum absolute atomic E-state index is 12.2. The summed E-state index contributed by atoms with van der Waals surface area (Å²) in [4.78, 5) is 12.2. The van der Waals surface area contributed by atoms with E-state index in [1.54, 1.807) is 31.4 Å². The van der Waals surface area contributed by atoms with Gasteiger partial charge in [-0.05, 0) is 54.3 Å². The van der Waals surface area contributed by atoms with E-state index in [1.165, 1.54) is 0 Å². The van der Waals surface area contributed by atoms with Gasteiger partial charge in [-0.1, -0.05) is 44.2 Å². The number of methoxy groups -OCH3 is 1. The molecule has 0 aliphatic carbocycles. The molecule has 25 heavy (non-hydrogen) atoms. The normalized spacial score (nSPS) is 12.6. The monoisotopic (exact) mass is 339 g/mol.